The van der Waals surface area contributed by atoms with Crippen LogP contribution in [0.4, 0.5) is 0 Å². The highest BCUT2D eigenvalue weighted by Crippen LogP contribution is 2.20. The molecule has 0 spiro atoms. The first-order valence-electron chi connectivity index (χ1n) is 9.99. The Labute approximate surface area is 185 Å². The number of rotatable bonds is 8. The molecular formula is C22H32IN3O2. The quantitative estimate of drug-likeness (QED) is 0.248. The van der Waals surface area contributed by atoms with E-state index in [4.69, 9.17) is 9.47 Å². The fraction of sp³-hybridized carbons (Fsp3) is 0.500. The molecule has 0 bridgehead atoms. The second-order valence-electron chi connectivity index (χ2n) is 6.94. The molecule has 28 heavy (non-hydrogen) atoms. The van der Waals surface area contributed by atoms with E-state index in [1.54, 1.807) is 0 Å². The van der Waals surface area contributed by atoms with Gasteiger partial charge in [-0.3, -0.25) is 4.99 Å². The summed E-state index contributed by atoms with van der Waals surface area (Å²) in [5.74, 6) is 0.818. The molecule has 0 aliphatic carbocycles. The van der Waals surface area contributed by atoms with E-state index in [1.165, 1.54) is 16.3 Å². The summed E-state index contributed by atoms with van der Waals surface area (Å²) in [5.41, 5.74) is 1.24. The van der Waals surface area contributed by atoms with Gasteiger partial charge in [0.2, 0.25) is 0 Å². The third kappa shape index (κ3) is 6.90. The van der Waals surface area contributed by atoms with Gasteiger partial charge in [-0.05, 0) is 49.1 Å². The molecule has 0 aromatic heterocycles. The molecule has 2 atom stereocenters. The normalized spacial score (nSPS) is 17.9. The first-order valence-corrected chi connectivity index (χ1v) is 9.99. The molecule has 1 saturated heterocycles. The van der Waals surface area contributed by atoms with E-state index in [1.807, 2.05) is 0 Å². The van der Waals surface area contributed by atoms with Crippen molar-refractivity contribution in [1.82, 2.24) is 10.6 Å². The van der Waals surface area contributed by atoms with Gasteiger partial charge < -0.3 is 20.1 Å². The van der Waals surface area contributed by atoms with Crippen LogP contribution in [0.1, 0.15) is 38.3 Å². The lowest BCUT2D eigenvalue weighted by Crippen LogP contribution is -2.39. The van der Waals surface area contributed by atoms with E-state index < -0.39 is 0 Å². The van der Waals surface area contributed by atoms with Crippen LogP contribution in [0.5, 0.6) is 0 Å². The summed E-state index contributed by atoms with van der Waals surface area (Å²) in [6.07, 6.45) is 2.53. The predicted octanol–water partition coefficient (Wildman–Crippen LogP) is 4.27. The van der Waals surface area contributed by atoms with E-state index in [9.17, 15) is 0 Å². The SMILES string of the molecule is CCNC(=NCCOCC1CCCO1)NC(C)c1ccc2ccccc2c1.I. The molecule has 0 radical (unpaired) electrons. The summed E-state index contributed by atoms with van der Waals surface area (Å²) >= 11 is 0. The van der Waals surface area contributed by atoms with Crippen LogP contribution in [0.3, 0.4) is 0 Å². The average Bonchev–Trinajstić information content (AvgIpc) is 3.21. The summed E-state index contributed by atoms with van der Waals surface area (Å²) in [4.78, 5) is 4.63. The molecule has 2 N–H and O–H groups in total. The van der Waals surface area contributed by atoms with Crippen molar-refractivity contribution in [2.75, 3.05) is 32.9 Å². The lowest BCUT2D eigenvalue weighted by molar-refractivity contribution is 0.0200. The Morgan fingerprint density at radius 3 is 2.82 bits per heavy atom. The Hall–Kier alpha value is -1.38. The second kappa shape index (κ2) is 12.2. The number of guanidine groups is 1. The van der Waals surface area contributed by atoms with Gasteiger partial charge in [0.05, 0.1) is 31.9 Å². The third-order valence-electron chi connectivity index (χ3n) is 4.80. The molecule has 1 aliphatic heterocycles. The van der Waals surface area contributed by atoms with Gasteiger partial charge in [-0.25, -0.2) is 0 Å². The van der Waals surface area contributed by atoms with Crippen LogP contribution < -0.4 is 10.6 Å². The molecule has 5 nitrogen and oxygen atoms in total. The van der Waals surface area contributed by atoms with Crippen molar-refractivity contribution in [2.24, 2.45) is 4.99 Å². The second-order valence-corrected chi connectivity index (χ2v) is 6.94. The Morgan fingerprint density at radius 2 is 2.07 bits per heavy atom. The maximum atomic E-state index is 5.70. The smallest absolute Gasteiger partial charge is 0.191 e. The Balaban J connectivity index is 0.00000280. The first-order chi connectivity index (χ1) is 13.3. The molecule has 2 aromatic rings. The van der Waals surface area contributed by atoms with Crippen molar-refractivity contribution in [3.63, 3.8) is 0 Å². The summed E-state index contributed by atoms with van der Waals surface area (Å²) in [5, 5.41) is 9.32. The number of nitrogens with zero attached hydrogens (tertiary/aromatic N) is 1. The van der Waals surface area contributed by atoms with Crippen LogP contribution in [0, 0.1) is 0 Å². The van der Waals surface area contributed by atoms with Gasteiger partial charge in [0.25, 0.3) is 0 Å². The molecule has 0 saturated carbocycles. The van der Waals surface area contributed by atoms with Crippen LogP contribution >= 0.6 is 24.0 Å². The van der Waals surface area contributed by atoms with E-state index in [0.29, 0.717) is 19.8 Å². The van der Waals surface area contributed by atoms with Crippen molar-refractivity contribution in [3.8, 4) is 0 Å². The molecule has 6 heteroatoms. The molecule has 3 rings (SSSR count). The van der Waals surface area contributed by atoms with Crippen LogP contribution in [0.25, 0.3) is 10.8 Å². The number of fused-ring (bicyclic) bond motifs is 1. The minimum atomic E-state index is 0. The van der Waals surface area contributed by atoms with E-state index in [0.717, 1.165) is 32.0 Å². The van der Waals surface area contributed by atoms with Gasteiger partial charge in [-0.15, -0.1) is 24.0 Å². The van der Waals surface area contributed by atoms with E-state index in [-0.39, 0.29) is 36.1 Å². The van der Waals surface area contributed by atoms with E-state index >= 15 is 0 Å². The Kier molecular flexibility index (Phi) is 10.0. The molecule has 1 heterocycles. The maximum absolute atomic E-state index is 5.70. The minimum absolute atomic E-state index is 0. The lowest BCUT2D eigenvalue weighted by Gasteiger charge is -2.19. The number of aliphatic imine (C=N–C) groups is 1. The van der Waals surface area contributed by atoms with Crippen molar-refractivity contribution in [3.05, 3.63) is 48.0 Å². The Morgan fingerprint density at radius 1 is 1.25 bits per heavy atom. The monoisotopic (exact) mass is 497 g/mol. The average molecular weight is 497 g/mol. The van der Waals surface area contributed by atoms with Gasteiger partial charge in [0.15, 0.2) is 5.96 Å². The van der Waals surface area contributed by atoms with Crippen LogP contribution in [0.15, 0.2) is 47.5 Å². The fourth-order valence-corrected chi connectivity index (χ4v) is 3.30. The first kappa shape index (κ1) is 22.9. The molecular weight excluding hydrogens is 465 g/mol. The van der Waals surface area contributed by atoms with Gasteiger partial charge in [0.1, 0.15) is 0 Å². The number of benzene rings is 2. The van der Waals surface area contributed by atoms with Gasteiger partial charge in [-0.1, -0.05) is 36.4 Å². The lowest BCUT2D eigenvalue weighted by atomic mass is 10.0. The standard InChI is InChI=1S/C22H31N3O2.HI/c1-3-23-22(24-12-14-26-16-21-9-6-13-27-21)25-17(2)19-11-10-18-7-4-5-8-20(18)15-19;/h4-5,7-8,10-11,15,17,21H,3,6,9,12-14,16H2,1-2H3,(H2,23,24,25);1H. The van der Waals surface area contributed by atoms with Gasteiger partial charge >= 0.3 is 0 Å². The Bertz CT molecular complexity index is 747. The van der Waals surface area contributed by atoms with Crippen LogP contribution in [0.2, 0.25) is 0 Å². The topological polar surface area (TPSA) is 54.9 Å². The third-order valence-corrected chi connectivity index (χ3v) is 4.80. The molecule has 2 aromatic carbocycles. The summed E-state index contributed by atoms with van der Waals surface area (Å²) < 4.78 is 11.3. The predicted molar refractivity (Wildman–Crippen MR) is 127 cm³/mol. The number of ether oxygens (including phenoxy) is 2. The fourth-order valence-electron chi connectivity index (χ4n) is 3.30. The van der Waals surface area contributed by atoms with Gasteiger partial charge in [0, 0.05) is 13.2 Å². The highest BCUT2D eigenvalue weighted by molar-refractivity contribution is 14.0. The van der Waals surface area contributed by atoms with Crippen molar-refractivity contribution in [1.29, 1.82) is 0 Å². The molecule has 1 fully saturated rings. The van der Waals surface area contributed by atoms with Gasteiger partial charge in [-0.2, -0.15) is 0 Å². The molecule has 2 unspecified atom stereocenters. The van der Waals surface area contributed by atoms with Crippen LogP contribution in [-0.2, 0) is 9.47 Å². The zero-order valence-electron chi connectivity index (χ0n) is 16.8. The number of halogens is 1. The summed E-state index contributed by atoms with van der Waals surface area (Å²) in [7, 11) is 0. The molecule has 0 amide bonds. The minimum Gasteiger partial charge on any atom is -0.377 e. The van der Waals surface area contributed by atoms with E-state index in [2.05, 4.69) is 71.9 Å². The summed E-state index contributed by atoms with van der Waals surface area (Å²) in [6, 6.07) is 15.2. The maximum Gasteiger partial charge on any atom is 0.191 e. The highest BCUT2D eigenvalue weighted by atomic mass is 127. The molecule has 154 valence electrons. The number of hydrogen-bond acceptors (Lipinski definition) is 3. The zero-order valence-corrected chi connectivity index (χ0v) is 19.1. The summed E-state index contributed by atoms with van der Waals surface area (Å²) in [6.45, 7) is 7.84. The highest BCUT2D eigenvalue weighted by Gasteiger charge is 2.15. The largest absolute Gasteiger partial charge is 0.377 e. The van der Waals surface area contributed by atoms with Crippen LogP contribution in [-0.4, -0.2) is 45.0 Å². The van der Waals surface area contributed by atoms with Crippen molar-refractivity contribution < 1.29 is 9.47 Å². The zero-order chi connectivity index (χ0) is 18.9. The van der Waals surface area contributed by atoms with Crippen molar-refractivity contribution in [2.45, 2.75) is 38.8 Å². The van der Waals surface area contributed by atoms with Crippen molar-refractivity contribution >= 4 is 40.7 Å². The molecule has 1 aliphatic rings. The number of nitrogens with one attached hydrogen (secondary N) is 2. The number of hydrogen-bond donors (Lipinski definition) is 2.